The lowest BCUT2D eigenvalue weighted by Crippen LogP contribution is -2.02. The SMILES string of the molecule is O=[N+]([O-])c1ccc(CCn2cnc([N+](=O)[O-])n2)cc1. The first-order valence-electron chi connectivity index (χ1n) is 5.33. The number of hydrogen-bond donors (Lipinski definition) is 0. The highest BCUT2D eigenvalue weighted by molar-refractivity contribution is 5.32. The van der Waals surface area contributed by atoms with Gasteiger partial charge in [0.15, 0.2) is 0 Å². The molecule has 98 valence electrons. The van der Waals surface area contributed by atoms with Gasteiger partial charge in [-0.05, 0) is 16.9 Å². The van der Waals surface area contributed by atoms with Gasteiger partial charge in [-0.3, -0.25) is 10.1 Å². The highest BCUT2D eigenvalue weighted by Gasteiger charge is 2.12. The molecule has 0 atom stereocenters. The number of benzene rings is 1. The van der Waals surface area contributed by atoms with Gasteiger partial charge in [0.25, 0.3) is 5.69 Å². The van der Waals surface area contributed by atoms with E-state index in [0.29, 0.717) is 13.0 Å². The molecular formula is C10H9N5O4. The van der Waals surface area contributed by atoms with Gasteiger partial charge < -0.3 is 10.1 Å². The molecule has 0 saturated heterocycles. The van der Waals surface area contributed by atoms with Gasteiger partial charge >= 0.3 is 5.95 Å². The number of nitro benzene ring substituents is 1. The van der Waals surface area contributed by atoms with Gasteiger partial charge in [0, 0.05) is 17.2 Å². The van der Waals surface area contributed by atoms with E-state index >= 15 is 0 Å². The van der Waals surface area contributed by atoms with Crippen LogP contribution in [0.4, 0.5) is 11.6 Å². The average molecular weight is 263 g/mol. The molecule has 1 heterocycles. The molecule has 0 bridgehead atoms. The van der Waals surface area contributed by atoms with Crippen LogP contribution in [-0.4, -0.2) is 24.6 Å². The number of rotatable bonds is 5. The molecule has 0 amide bonds. The summed E-state index contributed by atoms with van der Waals surface area (Å²) in [5.74, 6) is -0.441. The Labute approximate surface area is 106 Å². The van der Waals surface area contributed by atoms with Crippen LogP contribution in [0.1, 0.15) is 5.56 Å². The molecule has 2 rings (SSSR count). The first-order valence-corrected chi connectivity index (χ1v) is 5.33. The summed E-state index contributed by atoms with van der Waals surface area (Å²) < 4.78 is 1.36. The molecule has 0 spiro atoms. The molecule has 0 N–H and O–H groups in total. The van der Waals surface area contributed by atoms with Crippen LogP contribution in [0, 0.1) is 20.2 Å². The second-order valence-corrected chi connectivity index (χ2v) is 3.74. The van der Waals surface area contributed by atoms with Crippen molar-refractivity contribution in [2.24, 2.45) is 0 Å². The molecule has 19 heavy (non-hydrogen) atoms. The molecular weight excluding hydrogens is 254 g/mol. The molecule has 0 saturated carbocycles. The van der Waals surface area contributed by atoms with Gasteiger partial charge in [-0.25, -0.2) is 0 Å². The van der Waals surface area contributed by atoms with E-state index in [1.807, 2.05) is 0 Å². The quantitative estimate of drug-likeness (QED) is 0.593. The minimum atomic E-state index is -0.664. The second kappa shape index (κ2) is 5.21. The molecule has 0 radical (unpaired) electrons. The van der Waals surface area contributed by atoms with E-state index < -0.39 is 15.8 Å². The molecule has 0 aliphatic heterocycles. The number of non-ortho nitro benzene ring substituents is 1. The maximum Gasteiger partial charge on any atom is 0.490 e. The largest absolute Gasteiger partial charge is 0.490 e. The zero-order valence-electron chi connectivity index (χ0n) is 9.67. The van der Waals surface area contributed by atoms with Crippen molar-refractivity contribution in [1.82, 2.24) is 14.8 Å². The predicted molar refractivity (Wildman–Crippen MR) is 63.5 cm³/mol. The Balaban J connectivity index is 1.97. The Hall–Kier alpha value is -2.84. The van der Waals surface area contributed by atoms with Crippen molar-refractivity contribution >= 4 is 11.6 Å². The summed E-state index contributed by atoms with van der Waals surface area (Å²) in [4.78, 5) is 23.3. The lowest BCUT2D eigenvalue weighted by atomic mass is 10.1. The number of nitro groups is 2. The summed E-state index contributed by atoms with van der Waals surface area (Å²) in [7, 11) is 0. The van der Waals surface area contributed by atoms with E-state index in [9.17, 15) is 20.2 Å². The average Bonchev–Trinajstić information content (AvgIpc) is 2.86. The Bertz CT molecular complexity index is 607. The van der Waals surface area contributed by atoms with Crippen molar-refractivity contribution < 1.29 is 9.85 Å². The maximum atomic E-state index is 10.5. The highest BCUT2D eigenvalue weighted by Crippen LogP contribution is 2.12. The molecule has 0 aliphatic rings. The van der Waals surface area contributed by atoms with E-state index in [4.69, 9.17) is 0 Å². The van der Waals surface area contributed by atoms with Gasteiger partial charge in [0.2, 0.25) is 6.33 Å². The third-order valence-electron chi connectivity index (χ3n) is 2.46. The molecule has 1 aromatic carbocycles. The zero-order valence-corrected chi connectivity index (χ0v) is 9.67. The van der Waals surface area contributed by atoms with Crippen LogP contribution in [-0.2, 0) is 13.0 Å². The summed E-state index contributed by atoms with van der Waals surface area (Å²) in [5.41, 5.74) is 0.906. The number of nitrogens with zero attached hydrogens (tertiary/aromatic N) is 5. The Kier molecular flexibility index (Phi) is 3.46. The number of hydrogen-bond acceptors (Lipinski definition) is 6. The van der Waals surface area contributed by atoms with Crippen LogP contribution in [0.5, 0.6) is 0 Å². The molecule has 9 heteroatoms. The fourth-order valence-electron chi connectivity index (χ4n) is 1.50. The first kappa shape index (κ1) is 12.6. The van der Waals surface area contributed by atoms with Crippen LogP contribution in [0.25, 0.3) is 0 Å². The van der Waals surface area contributed by atoms with Gasteiger partial charge in [-0.1, -0.05) is 17.1 Å². The van der Waals surface area contributed by atoms with Crippen LogP contribution in [0.3, 0.4) is 0 Å². The van der Waals surface area contributed by atoms with Crippen LogP contribution < -0.4 is 0 Å². The lowest BCUT2D eigenvalue weighted by molar-refractivity contribution is -0.394. The first-order chi connectivity index (χ1) is 9.06. The van der Waals surface area contributed by atoms with Gasteiger partial charge in [-0.2, -0.15) is 4.68 Å². The molecule has 2 aromatic rings. The zero-order chi connectivity index (χ0) is 13.8. The van der Waals surface area contributed by atoms with E-state index in [-0.39, 0.29) is 5.69 Å². The third kappa shape index (κ3) is 3.09. The molecule has 0 fully saturated rings. The number of aryl methyl sites for hydroxylation is 2. The summed E-state index contributed by atoms with van der Waals surface area (Å²) >= 11 is 0. The third-order valence-corrected chi connectivity index (χ3v) is 2.46. The highest BCUT2D eigenvalue weighted by atomic mass is 16.6. The minimum absolute atomic E-state index is 0.0279. The van der Waals surface area contributed by atoms with Crippen LogP contribution in [0.2, 0.25) is 0 Å². The van der Waals surface area contributed by atoms with Crippen molar-refractivity contribution in [2.75, 3.05) is 0 Å². The van der Waals surface area contributed by atoms with Crippen molar-refractivity contribution in [2.45, 2.75) is 13.0 Å². The van der Waals surface area contributed by atoms with E-state index in [1.54, 1.807) is 12.1 Å². The van der Waals surface area contributed by atoms with E-state index in [2.05, 4.69) is 10.1 Å². The number of aromatic nitrogens is 3. The summed E-state index contributed by atoms with van der Waals surface area (Å²) in [6.45, 7) is 0.415. The van der Waals surface area contributed by atoms with E-state index in [1.165, 1.54) is 23.1 Å². The fraction of sp³-hybridized carbons (Fsp3) is 0.200. The van der Waals surface area contributed by atoms with Gasteiger partial charge in [-0.15, -0.1) is 0 Å². The van der Waals surface area contributed by atoms with Crippen molar-refractivity contribution in [3.8, 4) is 0 Å². The monoisotopic (exact) mass is 263 g/mol. The molecule has 1 aromatic heterocycles. The summed E-state index contributed by atoms with van der Waals surface area (Å²) in [6.07, 6.45) is 1.84. The Morgan fingerprint density at radius 2 is 1.79 bits per heavy atom. The topological polar surface area (TPSA) is 117 Å². The van der Waals surface area contributed by atoms with Crippen LogP contribution >= 0.6 is 0 Å². The smallest absolute Gasteiger partial charge is 0.390 e. The maximum absolute atomic E-state index is 10.5. The molecule has 0 aliphatic carbocycles. The normalized spacial score (nSPS) is 10.3. The fourth-order valence-corrected chi connectivity index (χ4v) is 1.50. The standard InChI is InChI=1S/C10H9N5O4/c16-14(17)9-3-1-8(2-4-9)5-6-13-7-11-10(12-13)15(18)19/h1-4,7H,5-6H2. The minimum Gasteiger partial charge on any atom is -0.390 e. The molecule has 0 unspecified atom stereocenters. The van der Waals surface area contributed by atoms with Gasteiger partial charge in [0.05, 0.1) is 11.5 Å². The van der Waals surface area contributed by atoms with Crippen molar-refractivity contribution in [3.05, 3.63) is 56.4 Å². The molecule has 9 nitrogen and oxygen atoms in total. The van der Waals surface area contributed by atoms with E-state index in [0.717, 1.165) is 5.56 Å². The van der Waals surface area contributed by atoms with Crippen molar-refractivity contribution in [1.29, 1.82) is 0 Å². The second-order valence-electron chi connectivity index (χ2n) is 3.74. The lowest BCUT2D eigenvalue weighted by Gasteiger charge is -1.99. The van der Waals surface area contributed by atoms with Gasteiger partial charge in [0.1, 0.15) is 0 Å². The van der Waals surface area contributed by atoms with Crippen molar-refractivity contribution in [3.63, 3.8) is 0 Å². The predicted octanol–water partition coefficient (Wildman–Crippen LogP) is 1.34. The Morgan fingerprint density at radius 3 is 2.32 bits per heavy atom. The van der Waals surface area contributed by atoms with Crippen LogP contribution in [0.15, 0.2) is 30.6 Å². The summed E-state index contributed by atoms with van der Waals surface area (Å²) in [6, 6.07) is 6.12. The summed E-state index contributed by atoms with van der Waals surface area (Å²) in [5, 5.41) is 24.5. The Morgan fingerprint density at radius 1 is 1.11 bits per heavy atom.